The number of cyclic esters (lactones) is 1. The number of allylic oxidation sites excluding steroid dienone is 6. The predicted molar refractivity (Wildman–Crippen MR) is 132 cm³/mol. The van der Waals surface area contributed by atoms with Crippen molar-refractivity contribution in [2.75, 3.05) is 0 Å². The van der Waals surface area contributed by atoms with E-state index in [4.69, 9.17) is 9.84 Å². The van der Waals surface area contributed by atoms with Gasteiger partial charge in [-0.15, -0.1) is 0 Å². The van der Waals surface area contributed by atoms with Gasteiger partial charge in [0.15, 0.2) is 0 Å². The Kier molecular flexibility index (Phi) is 6.56. The minimum atomic E-state index is -0.975. The molecule has 0 aromatic heterocycles. The molecule has 1 heterocycles. The zero-order chi connectivity index (χ0) is 24.7. The Hall–Kier alpha value is -2.89. The lowest BCUT2D eigenvalue weighted by atomic mass is 9.57. The number of fused-ring (bicyclic) bond motifs is 2. The maximum Gasteiger partial charge on any atom is 0.404 e. The van der Waals surface area contributed by atoms with E-state index in [0.29, 0.717) is 11.8 Å². The lowest BCUT2D eigenvalue weighted by Gasteiger charge is -2.47. The average Bonchev–Trinajstić information content (AvgIpc) is 3.09. The first kappa shape index (κ1) is 23.8. The molecule has 2 N–H and O–H groups in total. The molecule has 2 saturated carbocycles. The number of carbonyl (C=O) groups excluding carboxylic acids is 1. The topological polar surface area (TPSA) is 75.6 Å². The summed E-state index contributed by atoms with van der Waals surface area (Å²) in [5.74, 6) is 0.997. The number of benzene rings is 1. The summed E-state index contributed by atoms with van der Waals surface area (Å²) in [6.45, 7) is 4.18. The number of ether oxygens (including phenoxy) is 1. The van der Waals surface area contributed by atoms with E-state index in [-0.39, 0.29) is 47.6 Å². The third-order valence-electron chi connectivity index (χ3n) is 8.72. The summed E-state index contributed by atoms with van der Waals surface area (Å²) in [6.07, 6.45) is 11.9. The molecular weight excluding hydrogens is 445 g/mol. The van der Waals surface area contributed by atoms with E-state index < -0.39 is 6.09 Å². The Morgan fingerprint density at radius 2 is 2.03 bits per heavy atom. The fourth-order valence-corrected chi connectivity index (χ4v) is 7.22. The molecule has 5 nitrogen and oxygen atoms in total. The molecule has 0 radical (unpaired) electrons. The first-order valence-electron chi connectivity index (χ1n) is 12.8. The van der Waals surface area contributed by atoms with Crippen LogP contribution in [0.5, 0.6) is 0 Å². The second-order valence-electron chi connectivity index (χ2n) is 10.9. The van der Waals surface area contributed by atoms with E-state index in [2.05, 4.69) is 36.5 Å². The number of nitrogens with one attached hydrogen (secondary N) is 1. The van der Waals surface area contributed by atoms with Crippen molar-refractivity contribution in [2.45, 2.75) is 58.1 Å². The van der Waals surface area contributed by atoms with Crippen LogP contribution in [0.1, 0.15) is 51.5 Å². The van der Waals surface area contributed by atoms with Gasteiger partial charge in [0.25, 0.3) is 0 Å². The highest BCUT2D eigenvalue weighted by Crippen LogP contribution is 2.53. The van der Waals surface area contributed by atoms with Gasteiger partial charge in [0.05, 0.1) is 5.92 Å². The molecular formula is C29H34FNO4. The van der Waals surface area contributed by atoms with Crippen LogP contribution in [0.4, 0.5) is 9.18 Å². The molecule has 0 bridgehead atoms. The molecule has 1 amide bonds. The van der Waals surface area contributed by atoms with E-state index in [0.717, 1.165) is 43.2 Å². The highest BCUT2D eigenvalue weighted by atomic mass is 19.1. The van der Waals surface area contributed by atoms with Gasteiger partial charge >= 0.3 is 12.1 Å². The van der Waals surface area contributed by atoms with Crippen molar-refractivity contribution in [3.63, 3.8) is 0 Å². The number of carboxylic acid groups (broad SMARTS) is 1. The van der Waals surface area contributed by atoms with Crippen molar-refractivity contribution >= 4 is 17.6 Å². The van der Waals surface area contributed by atoms with Gasteiger partial charge in [-0.25, -0.2) is 9.18 Å². The normalized spacial score (nSPS) is 36.6. The predicted octanol–water partition coefficient (Wildman–Crippen LogP) is 5.98. The van der Waals surface area contributed by atoms with Crippen LogP contribution in [-0.4, -0.2) is 29.3 Å². The molecule has 0 spiro atoms. The summed E-state index contributed by atoms with van der Waals surface area (Å²) in [6, 6.07) is 6.72. The summed E-state index contributed by atoms with van der Waals surface area (Å²) in [5.41, 5.74) is 3.31. The molecule has 1 saturated heterocycles. The number of rotatable bonds is 4. The van der Waals surface area contributed by atoms with Gasteiger partial charge in [-0.05, 0) is 91.5 Å². The number of amides is 1. The highest BCUT2D eigenvalue weighted by molar-refractivity contribution is 5.75. The SMILES string of the molecule is CC1CC(/C=C/[C@H]2[C@@H]3CC[C@@H](NC(=O)O)C[C@H]3C[C@H]3C(=O)O[C@@H](C)[C@H]23)=CC=C1c1cccc(F)c1. The Bertz CT molecular complexity index is 1090. The highest BCUT2D eigenvalue weighted by Gasteiger charge is 2.54. The lowest BCUT2D eigenvalue weighted by molar-refractivity contribution is -0.144. The van der Waals surface area contributed by atoms with Crippen LogP contribution in [0.25, 0.3) is 5.57 Å². The molecule has 6 heteroatoms. The number of hydrogen-bond acceptors (Lipinski definition) is 3. The Balaban J connectivity index is 1.38. The summed E-state index contributed by atoms with van der Waals surface area (Å²) < 4.78 is 19.4. The van der Waals surface area contributed by atoms with Crippen LogP contribution in [0.3, 0.4) is 0 Å². The van der Waals surface area contributed by atoms with Crippen LogP contribution < -0.4 is 5.32 Å². The van der Waals surface area contributed by atoms with Crippen molar-refractivity contribution in [3.05, 3.63) is 65.5 Å². The molecule has 1 aliphatic heterocycles. The second kappa shape index (κ2) is 9.63. The van der Waals surface area contributed by atoms with Crippen LogP contribution in [-0.2, 0) is 9.53 Å². The van der Waals surface area contributed by atoms with Gasteiger partial charge < -0.3 is 15.2 Å². The zero-order valence-electron chi connectivity index (χ0n) is 20.3. The standard InChI is InChI=1S/C29H34FNO4/c1-16-12-18(6-9-23(16)19-4-3-5-21(30)13-19)7-10-25-24-11-8-22(31-29(33)34)14-20(24)15-26-27(25)17(2)35-28(26)32/h3-7,9-10,13,16-17,20,22,24-27,31H,8,11-12,14-15H2,1-2H3,(H,33,34)/b10-7+/t16?,17-,20-,22+,24+,25-,26+,27+/m0/s1. The fraction of sp³-hybridized carbons (Fsp3) is 0.517. The van der Waals surface area contributed by atoms with Gasteiger partial charge in [0.1, 0.15) is 11.9 Å². The number of esters is 1. The van der Waals surface area contributed by atoms with Crippen molar-refractivity contribution in [1.29, 1.82) is 0 Å². The number of hydrogen-bond donors (Lipinski definition) is 2. The molecule has 5 rings (SSSR count). The summed E-state index contributed by atoms with van der Waals surface area (Å²) in [4.78, 5) is 23.8. The van der Waals surface area contributed by atoms with Crippen molar-refractivity contribution in [1.82, 2.24) is 5.32 Å². The second-order valence-corrected chi connectivity index (χ2v) is 10.9. The monoisotopic (exact) mass is 479 g/mol. The van der Waals surface area contributed by atoms with Gasteiger partial charge in [-0.2, -0.15) is 0 Å². The Morgan fingerprint density at radius 3 is 2.77 bits per heavy atom. The van der Waals surface area contributed by atoms with Gasteiger partial charge in [0.2, 0.25) is 0 Å². The van der Waals surface area contributed by atoms with Crippen LogP contribution >= 0.6 is 0 Å². The third-order valence-corrected chi connectivity index (χ3v) is 8.72. The largest absolute Gasteiger partial charge is 0.465 e. The smallest absolute Gasteiger partial charge is 0.404 e. The molecule has 3 aliphatic carbocycles. The van der Waals surface area contributed by atoms with Crippen LogP contribution in [0.15, 0.2) is 54.1 Å². The van der Waals surface area contributed by atoms with Crippen molar-refractivity contribution in [3.8, 4) is 0 Å². The van der Waals surface area contributed by atoms with Gasteiger partial charge in [-0.3, -0.25) is 4.79 Å². The first-order chi connectivity index (χ1) is 16.8. The van der Waals surface area contributed by atoms with Crippen molar-refractivity contribution in [2.24, 2.45) is 35.5 Å². The Morgan fingerprint density at radius 1 is 1.20 bits per heavy atom. The molecule has 186 valence electrons. The quantitative estimate of drug-likeness (QED) is 0.521. The third kappa shape index (κ3) is 4.80. The fourth-order valence-electron chi connectivity index (χ4n) is 7.22. The molecule has 1 aromatic carbocycles. The van der Waals surface area contributed by atoms with E-state index in [9.17, 15) is 14.0 Å². The van der Waals surface area contributed by atoms with E-state index in [1.807, 2.05) is 13.0 Å². The number of halogens is 1. The van der Waals surface area contributed by atoms with Crippen molar-refractivity contribution < 1.29 is 23.8 Å². The van der Waals surface area contributed by atoms with Gasteiger partial charge in [-0.1, -0.05) is 43.4 Å². The van der Waals surface area contributed by atoms with Gasteiger partial charge in [0, 0.05) is 12.0 Å². The Labute approximate surface area is 206 Å². The molecule has 8 atom stereocenters. The maximum absolute atomic E-state index is 13.7. The lowest BCUT2D eigenvalue weighted by Crippen LogP contribution is -2.48. The van der Waals surface area contributed by atoms with E-state index in [1.165, 1.54) is 11.6 Å². The molecule has 1 unspecified atom stereocenters. The average molecular weight is 480 g/mol. The molecule has 4 aliphatic rings. The summed E-state index contributed by atoms with van der Waals surface area (Å²) in [7, 11) is 0. The van der Waals surface area contributed by atoms with Crippen LogP contribution in [0, 0.1) is 41.3 Å². The molecule has 1 aromatic rings. The molecule has 35 heavy (non-hydrogen) atoms. The summed E-state index contributed by atoms with van der Waals surface area (Å²) >= 11 is 0. The van der Waals surface area contributed by atoms with E-state index in [1.54, 1.807) is 12.1 Å². The minimum Gasteiger partial charge on any atom is -0.465 e. The molecule has 3 fully saturated rings. The van der Waals surface area contributed by atoms with E-state index >= 15 is 0 Å². The maximum atomic E-state index is 13.7. The zero-order valence-corrected chi connectivity index (χ0v) is 20.3. The minimum absolute atomic E-state index is 0.0435. The summed E-state index contributed by atoms with van der Waals surface area (Å²) in [5, 5.41) is 11.8. The first-order valence-corrected chi connectivity index (χ1v) is 12.8. The number of carbonyl (C=O) groups is 2. The van der Waals surface area contributed by atoms with Crippen LogP contribution in [0.2, 0.25) is 0 Å².